The van der Waals surface area contributed by atoms with E-state index in [0.717, 1.165) is 22.2 Å². The molecule has 1 aliphatic rings. The minimum atomic E-state index is -0.569. The predicted molar refractivity (Wildman–Crippen MR) is 150 cm³/mol. The van der Waals surface area contributed by atoms with Crippen LogP contribution >= 0.6 is 27.7 Å². The Labute approximate surface area is 236 Å². The summed E-state index contributed by atoms with van der Waals surface area (Å²) in [5, 5.41) is 13.0. The Kier molecular flexibility index (Phi) is 8.99. The lowest BCUT2D eigenvalue weighted by Crippen LogP contribution is -2.36. The summed E-state index contributed by atoms with van der Waals surface area (Å²) in [5.74, 6) is -0.235. The molecule has 4 rings (SSSR count). The number of nitrogens with one attached hydrogen (secondary N) is 1. The summed E-state index contributed by atoms with van der Waals surface area (Å²) in [6.07, 6.45) is 1.55. The molecule has 3 aromatic rings. The molecule has 0 bridgehead atoms. The van der Waals surface area contributed by atoms with Crippen LogP contribution in [0.2, 0.25) is 0 Å². The van der Waals surface area contributed by atoms with Crippen molar-refractivity contribution in [2.75, 3.05) is 18.5 Å². The van der Waals surface area contributed by atoms with Crippen LogP contribution in [0.25, 0.3) is 6.08 Å². The Morgan fingerprint density at radius 1 is 1.10 bits per heavy atom. The summed E-state index contributed by atoms with van der Waals surface area (Å²) >= 11 is 4.23. The molecule has 0 saturated carbocycles. The van der Waals surface area contributed by atoms with Gasteiger partial charge in [0, 0.05) is 17.8 Å². The van der Waals surface area contributed by atoms with Crippen LogP contribution in [0.3, 0.4) is 0 Å². The van der Waals surface area contributed by atoms with Crippen LogP contribution < -0.4 is 14.8 Å². The van der Waals surface area contributed by atoms with Gasteiger partial charge in [0.25, 0.3) is 16.8 Å². The van der Waals surface area contributed by atoms with E-state index < -0.39 is 28.5 Å². The van der Waals surface area contributed by atoms with Gasteiger partial charge in [-0.05, 0) is 88.2 Å². The number of carbonyl (C=O) groups is 3. The van der Waals surface area contributed by atoms with E-state index in [1.54, 1.807) is 54.6 Å². The average molecular weight is 612 g/mol. The number of nitrogens with zero attached hydrogens (tertiary/aromatic N) is 2. The molecular weight excluding hydrogens is 590 g/mol. The number of hydrogen-bond acceptors (Lipinski definition) is 8. The second kappa shape index (κ2) is 12.6. The van der Waals surface area contributed by atoms with Gasteiger partial charge in [0.1, 0.15) is 13.2 Å². The fourth-order valence-electron chi connectivity index (χ4n) is 3.60. The highest BCUT2D eigenvalue weighted by Gasteiger charge is 2.36. The van der Waals surface area contributed by atoms with E-state index in [9.17, 15) is 24.5 Å². The molecule has 0 atom stereocenters. The lowest BCUT2D eigenvalue weighted by atomic mass is 10.1. The average Bonchev–Trinajstić information content (AvgIpc) is 3.16. The fraction of sp³-hybridized carbons (Fsp3) is 0.148. The van der Waals surface area contributed by atoms with E-state index in [-0.39, 0.29) is 17.2 Å². The maximum atomic E-state index is 12.9. The zero-order valence-electron chi connectivity index (χ0n) is 20.6. The molecule has 3 aromatic carbocycles. The summed E-state index contributed by atoms with van der Waals surface area (Å²) in [6, 6.07) is 18.2. The quantitative estimate of drug-likeness (QED) is 0.168. The molecule has 1 fully saturated rings. The molecule has 1 N–H and O–H groups in total. The van der Waals surface area contributed by atoms with E-state index in [2.05, 4.69) is 21.2 Å². The maximum Gasteiger partial charge on any atom is 0.294 e. The second-order valence-electron chi connectivity index (χ2n) is 8.16. The first-order valence-electron chi connectivity index (χ1n) is 11.7. The van der Waals surface area contributed by atoms with Crippen LogP contribution in [0, 0.1) is 10.1 Å². The van der Waals surface area contributed by atoms with Crippen molar-refractivity contribution in [2.24, 2.45) is 0 Å². The number of imide groups is 1. The van der Waals surface area contributed by atoms with E-state index >= 15 is 0 Å². The van der Waals surface area contributed by atoms with Gasteiger partial charge in [-0.1, -0.05) is 18.2 Å². The van der Waals surface area contributed by atoms with E-state index in [1.165, 1.54) is 12.1 Å². The molecule has 200 valence electrons. The number of carbonyl (C=O) groups excluding carboxylic acids is 3. The number of anilines is 1. The van der Waals surface area contributed by atoms with Gasteiger partial charge >= 0.3 is 0 Å². The van der Waals surface area contributed by atoms with E-state index in [1.807, 2.05) is 13.0 Å². The van der Waals surface area contributed by atoms with Crippen LogP contribution in [-0.4, -0.2) is 40.0 Å². The van der Waals surface area contributed by atoms with Crippen molar-refractivity contribution >= 4 is 62.2 Å². The molecule has 1 heterocycles. The lowest BCUT2D eigenvalue weighted by Gasteiger charge is -2.15. The third kappa shape index (κ3) is 7.03. The molecule has 0 aliphatic carbocycles. The van der Waals surface area contributed by atoms with E-state index in [0.29, 0.717) is 33.8 Å². The first kappa shape index (κ1) is 27.9. The molecule has 0 unspecified atom stereocenters. The number of ether oxygens (including phenoxy) is 2. The van der Waals surface area contributed by atoms with Crippen molar-refractivity contribution in [1.29, 1.82) is 0 Å². The van der Waals surface area contributed by atoms with Crippen LogP contribution in [0.1, 0.15) is 18.1 Å². The van der Waals surface area contributed by atoms with Gasteiger partial charge in [0.15, 0.2) is 11.5 Å². The fourth-order valence-corrected chi connectivity index (χ4v) is 5.01. The van der Waals surface area contributed by atoms with Gasteiger partial charge in [-0.3, -0.25) is 29.4 Å². The molecule has 0 aromatic heterocycles. The van der Waals surface area contributed by atoms with Crippen molar-refractivity contribution in [3.05, 3.63) is 97.3 Å². The van der Waals surface area contributed by atoms with Crippen LogP contribution in [0.4, 0.5) is 16.2 Å². The number of non-ortho nitro benzene ring substituents is 1. The normalized spacial score (nSPS) is 14.0. The number of hydrogen-bond donors (Lipinski definition) is 1. The third-order valence-corrected chi connectivity index (χ3v) is 6.89. The highest BCUT2D eigenvalue weighted by Crippen LogP contribution is 2.39. The van der Waals surface area contributed by atoms with Crippen molar-refractivity contribution in [3.63, 3.8) is 0 Å². The summed E-state index contributed by atoms with van der Waals surface area (Å²) in [7, 11) is 0. The summed E-state index contributed by atoms with van der Waals surface area (Å²) in [4.78, 5) is 49.3. The Bertz CT molecular complexity index is 1450. The van der Waals surface area contributed by atoms with Gasteiger partial charge in [-0.25, -0.2) is 0 Å². The number of amides is 3. The molecule has 12 heteroatoms. The first-order chi connectivity index (χ1) is 18.7. The topological polar surface area (TPSA) is 128 Å². The molecule has 10 nitrogen and oxygen atoms in total. The zero-order valence-corrected chi connectivity index (χ0v) is 23.0. The van der Waals surface area contributed by atoms with Gasteiger partial charge in [0.05, 0.1) is 20.9 Å². The molecule has 0 radical (unpaired) electrons. The number of para-hydroxylation sites is 1. The van der Waals surface area contributed by atoms with Crippen LogP contribution in [0.5, 0.6) is 11.5 Å². The van der Waals surface area contributed by atoms with Gasteiger partial charge < -0.3 is 14.8 Å². The standard InChI is InChI=1S/C27H22BrN3O7S/c1-2-37-22-13-18(12-21(28)25(22)38-16-17-8-10-20(11-9-17)31(35)36)14-23-26(33)30(27(34)39-23)15-24(32)29-19-6-4-3-5-7-19/h3-14H,2,15-16H2,1H3,(H,29,32)/b23-14+. The van der Waals surface area contributed by atoms with Crippen LogP contribution in [-0.2, 0) is 16.2 Å². The van der Waals surface area contributed by atoms with Crippen molar-refractivity contribution in [3.8, 4) is 11.5 Å². The SMILES string of the molecule is CCOc1cc(/C=C2/SC(=O)N(CC(=O)Nc3ccccc3)C2=O)cc(Br)c1OCc1ccc([N+](=O)[O-])cc1. The summed E-state index contributed by atoms with van der Waals surface area (Å²) in [6.45, 7) is 1.89. The third-order valence-electron chi connectivity index (χ3n) is 5.39. The number of rotatable bonds is 10. The molecule has 1 aliphatic heterocycles. The monoisotopic (exact) mass is 611 g/mol. The Balaban J connectivity index is 1.48. The largest absolute Gasteiger partial charge is 0.490 e. The lowest BCUT2D eigenvalue weighted by molar-refractivity contribution is -0.384. The van der Waals surface area contributed by atoms with E-state index in [4.69, 9.17) is 9.47 Å². The highest BCUT2D eigenvalue weighted by molar-refractivity contribution is 9.10. The molecule has 3 amide bonds. The minimum absolute atomic E-state index is 0.0134. The summed E-state index contributed by atoms with van der Waals surface area (Å²) < 4.78 is 12.2. The van der Waals surface area contributed by atoms with Gasteiger partial charge in [-0.2, -0.15) is 0 Å². The number of benzene rings is 3. The molecule has 1 saturated heterocycles. The Morgan fingerprint density at radius 2 is 1.82 bits per heavy atom. The number of halogens is 1. The number of nitro benzene ring substituents is 1. The second-order valence-corrected chi connectivity index (χ2v) is 10.0. The summed E-state index contributed by atoms with van der Waals surface area (Å²) in [5.41, 5.74) is 1.85. The predicted octanol–water partition coefficient (Wildman–Crippen LogP) is 6.01. The van der Waals surface area contributed by atoms with Crippen LogP contribution in [0.15, 0.2) is 76.1 Å². The maximum absolute atomic E-state index is 12.9. The molecule has 0 spiro atoms. The number of thioether (sulfide) groups is 1. The highest BCUT2D eigenvalue weighted by atomic mass is 79.9. The van der Waals surface area contributed by atoms with Crippen molar-refractivity contribution in [1.82, 2.24) is 4.90 Å². The zero-order chi connectivity index (χ0) is 27.9. The minimum Gasteiger partial charge on any atom is -0.490 e. The first-order valence-corrected chi connectivity index (χ1v) is 13.3. The molecule has 39 heavy (non-hydrogen) atoms. The van der Waals surface area contributed by atoms with Gasteiger partial charge in [0.2, 0.25) is 5.91 Å². The van der Waals surface area contributed by atoms with Crippen molar-refractivity contribution < 1.29 is 28.8 Å². The molecular formula is C27H22BrN3O7S. The Hall–Kier alpha value is -4.16. The van der Waals surface area contributed by atoms with Crippen molar-refractivity contribution in [2.45, 2.75) is 13.5 Å². The van der Waals surface area contributed by atoms with Gasteiger partial charge in [-0.15, -0.1) is 0 Å². The Morgan fingerprint density at radius 3 is 2.49 bits per heavy atom. The smallest absolute Gasteiger partial charge is 0.294 e. The number of nitro groups is 1.